The van der Waals surface area contributed by atoms with Gasteiger partial charge in [-0.2, -0.15) is 0 Å². The summed E-state index contributed by atoms with van der Waals surface area (Å²) in [5, 5.41) is 8.90. The van der Waals surface area contributed by atoms with Crippen LogP contribution in [-0.4, -0.2) is 25.6 Å². The van der Waals surface area contributed by atoms with E-state index in [2.05, 4.69) is 13.6 Å². The van der Waals surface area contributed by atoms with Crippen LogP contribution in [0.2, 0.25) is 0 Å². The van der Waals surface area contributed by atoms with Crippen molar-refractivity contribution in [3.8, 4) is 0 Å². The van der Waals surface area contributed by atoms with Crippen molar-refractivity contribution in [1.29, 1.82) is 0 Å². The zero-order chi connectivity index (χ0) is 8.91. The van der Waals surface area contributed by atoms with Gasteiger partial charge in [-0.1, -0.05) is 6.92 Å². The van der Waals surface area contributed by atoms with Crippen molar-refractivity contribution in [3.63, 3.8) is 0 Å². The number of phosphoric acid groups is 1. The highest BCUT2D eigenvalue weighted by Gasteiger charge is 2.25. The lowest BCUT2D eigenvalue weighted by Crippen LogP contribution is -2.09. The molecule has 0 heterocycles. The molecule has 0 radical (unpaired) electrons. The average molecular weight is 184 g/mol. The minimum Gasteiger partial charge on any atom is -0.367 e. The molecule has 0 aromatic rings. The van der Waals surface area contributed by atoms with E-state index >= 15 is 0 Å². The molecule has 0 aromatic heterocycles. The SMILES string of the molecule is CCC(O)OP(=O)(OC)OC. The second-order valence-electron chi connectivity index (χ2n) is 1.78. The van der Waals surface area contributed by atoms with Crippen LogP contribution in [0.3, 0.4) is 0 Å². The van der Waals surface area contributed by atoms with Gasteiger partial charge in [0.15, 0.2) is 6.29 Å². The fourth-order valence-corrected chi connectivity index (χ4v) is 1.15. The van der Waals surface area contributed by atoms with Crippen molar-refractivity contribution in [3.05, 3.63) is 0 Å². The largest absolute Gasteiger partial charge is 0.476 e. The summed E-state index contributed by atoms with van der Waals surface area (Å²) in [5.74, 6) is 0. The van der Waals surface area contributed by atoms with Gasteiger partial charge in [-0.15, -0.1) is 0 Å². The molecule has 0 saturated heterocycles. The lowest BCUT2D eigenvalue weighted by Gasteiger charge is -2.16. The second-order valence-corrected chi connectivity index (χ2v) is 3.62. The van der Waals surface area contributed by atoms with E-state index in [0.29, 0.717) is 6.42 Å². The number of hydrogen-bond acceptors (Lipinski definition) is 5. The first kappa shape index (κ1) is 11.1. The van der Waals surface area contributed by atoms with Gasteiger partial charge in [-0.25, -0.2) is 4.57 Å². The van der Waals surface area contributed by atoms with E-state index in [9.17, 15) is 4.57 Å². The Bertz CT molecular complexity index is 140. The molecule has 0 bridgehead atoms. The van der Waals surface area contributed by atoms with Crippen LogP contribution in [-0.2, 0) is 18.1 Å². The summed E-state index contributed by atoms with van der Waals surface area (Å²) in [4.78, 5) is 0. The zero-order valence-corrected chi connectivity index (χ0v) is 7.71. The van der Waals surface area contributed by atoms with Gasteiger partial charge in [-0.05, 0) is 6.42 Å². The number of phosphoric ester groups is 1. The van der Waals surface area contributed by atoms with E-state index in [1.807, 2.05) is 0 Å². The van der Waals surface area contributed by atoms with Crippen molar-refractivity contribution >= 4 is 7.82 Å². The Balaban J connectivity index is 3.97. The molecule has 0 amide bonds. The van der Waals surface area contributed by atoms with E-state index in [-0.39, 0.29) is 0 Å². The number of aliphatic hydroxyl groups excluding tert-OH is 1. The third-order valence-electron chi connectivity index (χ3n) is 1.05. The Labute approximate surface area is 65.9 Å². The Hall–Kier alpha value is 0.0700. The van der Waals surface area contributed by atoms with Gasteiger partial charge in [0.1, 0.15) is 0 Å². The third kappa shape index (κ3) is 3.84. The smallest absolute Gasteiger partial charge is 0.367 e. The summed E-state index contributed by atoms with van der Waals surface area (Å²) in [6, 6.07) is 0. The Kier molecular flexibility index (Phi) is 4.88. The Morgan fingerprint density at radius 2 is 1.91 bits per heavy atom. The van der Waals surface area contributed by atoms with Gasteiger partial charge in [-0.3, -0.25) is 13.6 Å². The van der Waals surface area contributed by atoms with Crippen molar-refractivity contribution in [1.82, 2.24) is 0 Å². The molecule has 0 aliphatic rings. The van der Waals surface area contributed by atoms with E-state index in [1.54, 1.807) is 6.92 Å². The maximum atomic E-state index is 11.1. The lowest BCUT2D eigenvalue weighted by molar-refractivity contribution is -0.0440. The summed E-state index contributed by atoms with van der Waals surface area (Å²) in [6.07, 6.45) is -0.780. The number of hydrogen-bond donors (Lipinski definition) is 1. The van der Waals surface area contributed by atoms with Gasteiger partial charge in [0.2, 0.25) is 0 Å². The first-order valence-electron chi connectivity index (χ1n) is 3.16. The van der Waals surface area contributed by atoms with Crippen LogP contribution in [0.5, 0.6) is 0 Å². The number of rotatable bonds is 5. The molecular weight excluding hydrogens is 171 g/mol. The number of aliphatic hydroxyl groups is 1. The monoisotopic (exact) mass is 184 g/mol. The summed E-state index contributed by atoms with van der Waals surface area (Å²) >= 11 is 0. The van der Waals surface area contributed by atoms with Crippen molar-refractivity contribution < 1.29 is 23.2 Å². The quantitative estimate of drug-likeness (QED) is 0.512. The lowest BCUT2D eigenvalue weighted by atomic mass is 10.5. The molecule has 0 spiro atoms. The first-order valence-corrected chi connectivity index (χ1v) is 4.62. The molecule has 0 aliphatic carbocycles. The Morgan fingerprint density at radius 3 is 2.18 bits per heavy atom. The normalized spacial score (nSPS) is 14.9. The predicted molar refractivity (Wildman–Crippen MR) is 39.0 cm³/mol. The standard InChI is InChI=1S/C5H13O5P/c1-4-5(6)10-11(7,8-2)9-3/h5-6H,4H2,1-3H3. The second kappa shape index (κ2) is 4.85. The van der Waals surface area contributed by atoms with Gasteiger partial charge in [0.25, 0.3) is 0 Å². The van der Waals surface area contributed by atoms with Crippen LogP contribution in [0.1, 0.15) is 13.3 Å². The maximum absolute atomic E-state index is 11.1. The molecule has 5 nitrogen and oxygen atoms in total. The highest BCUT2D eigenvalue weighted by atomic mass is 31.2. The molecule has 0 saturated carbocycles. The topological polar surface area (TPSA) is 65.0 Å². The highest BCUT2D eigenvalue weighted by molar-refractivity contribution is 7.48. The van der Waals surface area contributed by atoms with E-state index in [0.717, 1.165) is 0 Å². The molecule has 0 aliphatic heterocycles. The molecule has 0 aromatic carbocycles. The first-order chi connectivity index (χ1) is 5.08. The summed E-state index contributed by atoms with van der Waals surface area (Å²) < 4.78 is 24.5. The van der Waals surface area contributed by atoms with Crippen molar-refractivity contribution in [2.24, 2.45) is 0 Å². The van der Waals surface area contributed by atoms with E-state index in [1.165, 1.54) is 14.2 Å². The molecule has 0 fully saturated rings. The van der Waals surface area contributed by atoms with Crippen LogP contribution in [0.4, 0.5) is 0 Å². The third-order valence-corrected chi connectivity index (χ3v) is 2.44. The molecule has 1 unspecified atom stereocenters. The van der Waals surface area contributed by atoms with Crippen LogP contribution in [0, 0.1) is 0 Å². The van der Waals surface area contributed by atoms with E-state index in [4.69, 9.17) is 5.11 Å². The minimum absolute atomic E-state index is 0.330. The van der Waals surface area contributed by atoms with Gasteiger partial charge >= 0.3 is 7.82 Å². The highest BCUT2D eigenvalue weighted by Crippen LogP contribution is 2.48. The zero-order valence-electron chi connectivity index (χ0n) is 6.81. The predicted octanol–water partition coefficient (Wildman–Crippen LogP) is 1.13. The molecular formula is C5H13O5P. The molecule has 68 valence electrons. The fourth-order valence-electron chi connectivity index (χ4n) is 0.384. The van der Waals surface area contributed by atoms with Crippen LogP contribution < -0.4 is 0 Å². The van der Waals surface area contributed by atoms with E-state index < -0.39 is 14.1 Å². The van der Waals surface area contributed by atoms with Gasteiger partial charge in [0, 0.05) is 14.2 Å². The average Bonchev–Trinajstić information content (AvgIpc) is 2.04. The van der Waals surface area contributed by atoms with Crippen LogP contribution >= 0.6 is 7.82 Å². The molecule has 6 heteroatoms. The molecule has 11 heavy (non-hydrogen) atoms. The fraction of sp³-hybridized carbons (Fsp3) is 1.00. The van der Waals surface area contributed by atoms with Crippen molar-refractivity contribution in [2.45, 2.75) is 19.6 Å². The van der Waals surface area contributed by atoms with Gasteiger partial charge < -0.3 is 5.11 Å². The molecule has 1 atom stereocenters. The summed E-state index contributed by atoms with van der Waals surface area (Å²) in [6.45, 7) is 1.68. The Morgan fingerprint density at radius 1 is 1.45 bits per heavy atom. The van der Waals surface area contributed by atoms with Crippen molar-refractivity contribution in [2.75, 3.05) is 14.2 Å². The molecule has 1 N–H and O–H groups in total. The maximum Gasteiger partial charge on any atom is 0.476 e. The minimum atomic E-state index is -3.50. The molecule has 0 rings (SSSR count). The summed E-state index contributed by atoms with van der Waals surface area (Å²) in [7, 11) is -1.13. The van der Waals surface area contributed by atoms with Gasteiger partial charge in [0.05, 0.1) is 0 Å². The summed E-state index contributed by atoms with van der Waals surface area (Å²) in [5.41, 5.74) is 0. The van der Waals surface area contributed by atoms with Crippen LogP contribution in [0.25, 0.3) is 0 Å². The van der Waals surface area contributed by atoms with Crippen LogP contribution in [0.15, 0.2) is 0 Å².